The monoisotopic (exact) mass is 348 g/mol. The summed E-state index contributed by atoms with van der Waals surface area (Å²) in [7, 11) is 3.33. The summed E-state index contributed by atoms with van der Waals surface area (Å²) >= 11 is 3.86. The molecule has 0 N–H and O–H groups in total. The zero-order chi connectivity index (χ0) is 15.6. The fraction of sp³-hybridized carbons (Fsp3) is 0.333. The van der Waals surface area contributed by atoms with Gasteiger partial charge in [0.25, 0.3) is 0 Å². The Morgan fingerprint density at radius 2 is 1.38 bits per heavy atom. The molecule has 1 atom stereocenters. The van der Waals surface area contributed by atoms with Crippen LogP contribution in [0.25, 0.3) is 0 Å². The average Bonchev–Trinajstić information content (AvgIpc) is 2.46. The summed E-state index contributed by atoms with van der Waals surface area (Å²) in [6, 6.07) is 10.5. The van der Waals surface area contributed by atoms with Gasteiger partial charge in [0, 0.05) is 0 Å². The number of benzene rings is 2. The number of aryl methyl sites for hydroxylation is 3. The Kier molecular flexibility index (Phi) is 4.94. The van der Waals surface area contributed by atoms with Crippen LogP contribution in [0.2, 0.25) is 0 Å². The number of ether oxygens (including phenoxy) is 2. The molecule has 0 amide bonds. The van der Waals surface area contributed by atoms with Crippen molar-refractivity contribution in [3.63, 3.8) is 0 Å². The molecule has 0 saturated carbocycles. The van der Waals surface area contributed by atoms with Crippen molar-refractivity contribution in [2.24, 2.45) is 0 Å². The van der Waals surface area contributed by atoms with Gasteiger partial charge in [-0.05, 0) is 60.7 Å². The maximum absolute atomic E-state index is 5.43. The van der Waals surface area contributed by atoms with Gasteiger partial charge in [-0.2, -0.15) is 0 Å². The first-order valence-electron chi connectivity index (χ1n) is 6.92. The fourth-order valence-corrected chi connectivity index (χ4v) is 3.87. The van der Waals surface area contributed by atoms with E-state index < -0.39 is 0 Å². The van der Waals surface area contributed by atoms with Crippen molar-refractivity contribution in [3.8, 4) is 11.5 Å². The molecule has 0 aliphatic heterocycles. The minimum atomic E-state index is 0.138. The molecule has 0 heterocycles. The van der Waals surface area contributed by atoms with E-state index in [9.17, 15) is 0 Å². The van der Waals surface area contributed by atoms with E-state index in [1.807, 2.05) is 6.07 Å². The summed E-state index contributed by atoms with van der Waals surface area (Å²) in [5.74, 6) is 1.52. The maximum Gasteiger partial charge on any atom is 0.161 e. The maximum atomic E-state index is 5.43. The second-order valence-electron chi connectivity index (χ2n) is 5.23. The first kappa shape index (κ1) is 15.9. The van der Waals surface area contributed by atoms with Crippen LogP contribution in [0.15, 0.2) is 30.3 Å². The lowest BCUT2D eigenvalue weighted by molar-refractivity contribution is 0.354. The van der Waals surface area contributed by atoms with Crippen molar-refractivity contribution in [1.82, 2.24) is 0 Å². The number of alkyl halides is 1. The molecule has 0 bridgehead atoms. The minimum absolute atomic E-state index is 0.138. The van der Waals surface area contributed by atoms with Crippen molar-refractivity contribution in [2.45, 2.75) is 25.6 Å². The summed E-state index contributed by atoms with van der Waals surface area (Å²) in [5.41, 5.74) is 6.26. The third-order valence-electron chi connectivity index (χ3n) is 3.84. The number of hydrogen-bond donors (Lipinski definition) is 0. The Balaban J connectivity index is 2.56. The highest BCUT2D eigenvalue weighted by Crippen LogP contribution is 2.40. The number of hydrogen-bond acceptors (Lipinski definition) is 2. The highest BCUT2D eigenvalue weighted by atomic mass is 79.9. The van der Waals surface area contributed by atoms with E-state index in [1.165, 1.54) is 27.8 Å². The van der Waals surface area contributed by atoms with Crippen LogP contribution in [0.4, 0.5) is 0 Å². The number of rotatable bonds is 4. The van der Waals surface area contributed by atoms with Gasteiger partial charge in [-0.25, -0.2) is 0 Å². The molecular weight excluding hydrogens is 328 g/mol. The molecule has 3 heteroatoms. The van der Waals surface area contributed by atoms with E-state index in [0.717, 1.165) is 11.5 Å². The molecular formula is C18H21BrO2. The first-order valence-corrected chi connectivity index (χ1v) is 7.83. The van der Waals surface area contributed by atoms with Crippen LogP contribution in [0, 0.1) is 20.8 Å². The van der Waals surface area contributed by atoms with Crippen LogP contribution in [-0.2, 0) is 0 Å². The summed E-state index contributed by atoms with van der Waals surface area (Å²) in [5, 5.41) is 0. The Bertz CT molecular complexity index is 630. The first-order chi connectivity index (χ1) is 9.99. The van der Waals surface area contributed by atoms with Crippen molar-refractivity contribution in [1.29, 1.82) is 0 Å². The second-order valence-corrected chi connectivity index (χ2v) is 6.15. The molecule has 0 saturated heterocycles. The largest absolute Gasteiger partial charge is 0.493 e. The van der Waals surface area contributed by atoms with Gasteiger partial charge in [-0.1, -0.05) is 34.1 Å². The van der Waals surface area contributed by atoms with Gasteiger partial charge in [0.1, 0.15) is 0 Å². The van der Waals surface area contributed by atoms with E-state index in [2.05, 4.69) is 61.0 Å². The molecule has 1 unspecified atom stereocenters. The lowest BCUT2D eigenvalue weighted by Gasteiger charge is -2.20. The lowest BCUT2D eigenvalue weighted by Crippen LogP contribution is -2.02. The molecule has 2 nitrogen and oxygen atoms in total. The van der Waals surface area contributed by atoms with E-state index in [1.54, 1.807) is 14.2 Å². The Morgan fingerprint density at radius 1 is 0.857 bits per heavy atom. The molecule has 0 aliphatic carbocycles. The molecule has 2 aromatic rings. The SMILES string of the molecule is COc1cc(C)c(C(Br)c2c(C)cccc2C)cc1OC. The Hall–Kier alpha value is -1.48. The van der Waals surface area contributed by atoms with Gasteiger partial charge in [0.15, 0.2) is 11.5 Å². The van der Waals surface area contributed by atoms with Crippen LogP contribution in [0.5, 0.6) is 11.5 Å². The minimum Gasteiger partial charge on any atom is -0.493 e. The third-order valence-corrected chi connectivity index (χ3v) is 4.79. The van der Waals surface area contributed by atoms with Gasteiger partial charge in [0.2, 0.25) is 0 Å². The van der Waals surface area contributed by atoms with Crippen LogP contribution in [0.3, 0.4) is 0 Å². The van der Waals surface area contributed by atoms with E-state index in [-0.39, 0.29) is 4.83 Å². The van der Waals surface area contributed by atoms with Crippen molar-refractivity contribution >= 4 is 15.9 Å². The zero-order valence-electron chi connectivity index (χ0n) is 13.2. The Morgan fingerprint density at radius 3 is 1.90 bits per heavy atom. The lowest BCUT2D eigenvalue weighted by atomic mass is 9.93. The predicted octanol–water partition coefficient (Wildman–Crippen LogP) is 5.11. The van der Waals surface area contributed by atoms with Gasteiger partial charge < -0.3 is 9.47 Å². The molecule has 0 spiro atoms. The van der Waals surface area contributed by atoms with Gasteiger partial charge in [-0.15, -0.1) is 0 Å². The Labute approximate surface area is 135 Å². The van der Waals surface area contributed by atoms with E-state index in [0.29, 0.717) is 0 Å². The van der Waals surface area contributed by atoms with Gasteiger partial charge in [0.05, 0.1) is 19.0 Å². The van der Waals surface area contributed by atoms with Crippen molar-refractivity contribution in [3.05, 3.63) is 58.1 Å². The van der Waals surface area contributed by atoms with Crippen LogP contribution >= 0.6 is 15.9 Å². The van der Waals surface area contributed by atoms with Crippen molar-refractivity contribution < 1.29 is 9.47 Å². The molecule has 112 valence electrons. The quantitative estimate of drug-likeness (QED) is 0.714. The summed E-state index contributed by atoms with van der Waals surface area (Å²) in [6.07, 6.45) is 0. The van der Waals surface area contributed by atoms with Gasteiger partial charge >= 0.3 is 0 Å². The zero-order valence-corrected chi connectivity index (χ0v) is 14.7. The van der Waals surface area contributed by atoms with E-state index in [4.69, 9.17) is 9.47 Å². The van der Waals surface area contributed by atoms with Crippen molar-refractivity contribution in [2.75, 3.05) is 14.2 Å². The second kappa shape index (κ2) is 6.52. The van der Waals surface area contributed by atoms with Crippen LogP contribution in [-0.4, -0.2) is 14.2 Å². The topological polar surface area (TPSA) is 18.5 Å². The summed E-state index contributed by atoms with van der Waals surface area (Å²) in [6.45, 7) is 6.39. The number of halogens is 1. The summed E-state index contributed by atoms with van der Waals surface area (Å²) in [4.78, 5) is 0.138. The summed E-state index contributed by atoms with van der Waals surface area (Å²) < 4.78 is 10.8. The molecule has 0 fully saturated rings. The highest BCUT2D eigenvalue weighted by molar-refractivity contribution is 9.09. The molecule has 0 aliphatic rings. The average molecular weight is 349 g/mol. The molecule has 2 rings (SSSR count). The molecule has 0 radical (unpaired) electrons. The van der Waals surface area contributed by atoms with Crippen LogP contribution < -0.4 is 9.47 Å². The smallest absolute Gasteiger partial charge is 0.161 e. The fourth-order valence-electron chi connectivity index (χ4n) is 2.65. The van der Waals surface area contributed by atoms with Crippen LogP contribution in [0.1, 0.15) is 32.6 Å². The number of methoxy groups -OCH3 is 2. The molecule has 2 aromatic carbocycles. The predicted molar refractivity (Wildman–Crippen MR) is 91.0 cm³/mol. The van der Waals surface area contributed by atoms with E-state index >= 15 is 0 Å². The highest BCUT2D eigenvalue weighted by Gasteiger charge is 2.19. The standard InChI is InChI=1S/C18H21BrO2/c1-11-7-6-8-12(2)17(11)18(19)14-10-16(21-5)15(20-4)9-13(14)3/h6-10,18H,1-5H3. The normalized spacial score (nSPS) is 12.1. The molecule has 0 aromatic heterocycles. The van der Waals surface area contributed by atoms with Gasteiger partial charge in [-0.3, -0.25) is 0 Å². The molecule has 21 heavy (non-hydrogen) atoms. The third kappa shape index (κ3) is 3.08.